The van der Waals surface area contributed by atoms with Gasteiger partial charge in [0, 0.05) is 0 Å². The van der Waals surface area contributed by atoms with E-state index in [2.05, 4.69) is 26.5 Å². The summed E-state index contributed by atoms with van der Waals surface area (Å²) in [4.78, 5) is 0. The quantitative estimate of drug-likeness (QED) is 0.484. The fourth-order valence-electron chi connectivity index (χ4n) is 0.998. The summed E-state index contributed by atoms with van der Waals surface area (Å²) in [5.74, 6) is 0.787. The Balaban J connectivity index is 2.63. The maximum absolute atomic E-state index is 8.52. The van der Waals surface area contributed by atoms with Crippen molar-refractivity contribution in [2.24, 2.45) is 5.10 Å². The van der Waals surface area contributed by atoms with E-state index in [1.165, 1.54) is 0 Å². The number of methoxy groups -OCH3 is 1. The maximum Gasteiger partial charge on any atom is 0.133 e. The van der Waals surface area contributed by atoms with Crippen molar-refractivity contribution in [1.82, 2.24) is 5.43 Å². The van der Waals surface area contributed by atoms with Crippen LogP contribution in [-0.4, -0.2) is 31.6 Å². The van der Waals surface area contributed by atoms with Crippen LogP contribution in [0.3, 0.4) is 0 Å². The van der Waals surface area contributed by atoms with Crippen molar-refractivity contribution in [1.29, 1.82) is 0 Å². The summed E-state index contributed by atoms with van der Waals surface area (Å²) in [7, 11) is 1.62. The van der Waals surface area contributed by atoms with Gasteiger partial charge in [0.25, 0.3) is 0 Å². The van der Waals surface area contributed by atoms with Gasteiger partial charge in [0.05, 0.1) is 30.9 Å². The molecule has 0 atom stereocenters. The van der Waals surface area contributed by atoms with Crippen LogP contribution in [0.25, 0.3) is 0 Å². The van der Waals surface area contributed by atoms with E-state index in [1.807, 2.05) is 18.2 Å². The number of nitrogens with zero attached hydrogens (tertiary/aromatic N) is 1. The maximum atomic E-state index is 8.52. The molecule has 82 valence electrons. The van der Waals surface area contributed by atoms with Crippen molar-refractivity contribution in [2.75, 3.05) is 20.3 Å². The molecular weight excluding hydrogens is 260 g/mol. The number of aliphatic hydroxyl groups is 1. The minimum Gasteiger partial charge on any atom is -0.496 e. The van der Waals surface area contributed by atoms with E-state index in [4.69, 9.17) is 9.84 Å². The fraction of sp³-hybridized carbons (Fsp3) is 0.300. The summed E-state index contributed by atoms with van der Waals surface area (Å²) in [6, 6.07) is 5.66. The molecule has 1 aromatic rings. The van der Waals surface area contributed by atoms with Crippen LogP contribution in [0.15, 0.2) is 27.8 Å². The zero-order valence-electron chi connectivity index (χ0n) is 8.40. The van der Waals surface area contributed by atoms with Crippen molar-refractivity contribution in [3.8, 4) is 5.75 Å². The molecule has 0 spiro atoms. The number of nitrogens with one attached hydrogen (secondary N) is 1. The highest BCUT2D eigenvalue weighted by atomic mass is 79.9. The minimum absolute atomic E-state index is 0.0731. The highest BCUT2D eigenvalue weighted by Crippen LogP contribution is 2.24. The third-order valence-corrected chi connectivity index (χ3v) is 2.32. The van der Waals surface area contributed by atoms with E-state index in [0.29, 0.717) is 6.54 Å². The standard InChI is InChI=1S/C10H13BrN2O2/c1-15-10-3-2-8(6-9(10)11)7-13-12-4-5-14/h2-3,6-7,12,14H,4-5H2,1H3. The average Bonchev–Trinajstić information content (AvgIpc) is 2.25. The Kier molecular flexibility index (Phi) is 5.14. The Morgan fingerprint density at radius 3 is 3.00 bits per heavy atom. The van der Waals surface area contributed by atoms with E-state index in [-0.39, 0.29) is 6.61 Å². The van der Waals surface area contributed by atoms with Gasteiger partial charge in [0.15, 0.2) is 0 Å². The summed E-state index contributed by atoms with van der Waals surface area (Å²) in [6.07, 6.45) is 1.68. The fourth-order valence-corrected chi connectivity index (χ4v) is 1.56. The van der Waals surface area contributed by atoms with Gasteiger partial charge in [-0.25, -0.2) is 0 Å². The topological polar surface area (TPSA) is 53.8 Å². The van der Waals surface area contributed by atoms with Crippen LogP contribution in [0.4, 0.5) is 0 Å². The predicted octanol–water partition coefficient (Wildman–Crippen LogP) is 1.37. The molecular formula is C10H13BrN2O2. The molecule has 1 rings (SSSR count). The first-order chi connectivity index (χ1) is 7.27. The molecule has 0 amide bonds. The Labute approximate surface area is 97.1 Å². The van der Waals surface area contributed by atoms with Crippen molar-refractivity contribution in [3.05, 3.63) is 28.2 Å². The summed E-state index contributed by atoms with van der Waals surface area (Å²) in [5, 5.41) is 12.4. The monoisotopic (exact) mass is 272 g/mol. The molecule has 0 heterocycles. The molecule has 0 unspecified atom stereocenters. The number of hydrazone groups is 1. The Hall–Kier alpha value is -1.07. The number of aliphatic hydroxyl groups excluding tert-OH is 1. The number of benzene rings is 1. The van der Waals surface area contributed by atoms with Gasteiger partial charge >= 0.3 is 0 Å². The van der Waals surface area contributed by atoms with Gasteiger partial charge in [-0.1, -0.05) is 0 Å². The molecule has 15 heavy (non-hydrogen) atoms. The molecule has 0 saturated carbocycles. The van der Waals surface area contributed by atoms with Crippen LogP contribution in [0, 0.1) is 0 Å². The SMILES string of the molecule is COc1ccc(C=NNCCO)cc1Br. The first-order valence-electron chi connectivity index (χ1n) is 4.48. The Morgan fingerprint density at radius 2 is 2.40 bits per heavy atom. The normalized spacial score (nSPS) is 10.6. The smallest absolute Gasteiger partial charge is 0.133 e. The van der Waals surface area contributed by atoms with Crippen LogP contribution in [0.2, 0.25) is 0 Å². The average molecular weight is 273 g/mol. The number of hydrogen-bond acceptors (Lipinski definition) is 4. The lowest BCUT2D eigenvalue weighted by Gasteiger charge is -2.03. The van der Waals surface area contributed by atoms with Gasteiger partial charge in [-0.05, 0) is 39.7 Å². The molecule has 2 N–H and O–H groups in total. The highest BCUT2D eigenvalue weighted by molar-refractivity contribution is 9.10. The van der Waals surface area contributed by atoms with Crippen LogP contribution in [-0.2, 0) is 0 Å². The molecule has 1 aromatic carbocycles. The van der Waals surface area contributed by atoms with Gasteiger partial charge in [-0.15, -0.1) is 0 Å². The van der Waals surface area contributed by atoms with Gasteiger partial charge in [-0.2, -0.15) is 5.10 Å². The van der Waals surface area contributed by atoms with Crippen molar-refractivity contribution < 1.29 is 9.84 Å². The number of rotatable bonds is 5. The predicted molar refractivity (Wildman–Crippen MR) is 63.4 cm³/mol. The molecule has 0 radical (unpaired) electrons. The van der Waals surface area contributed by atoms with Gasteiger partial charge in [0.1, 0.15) is 5.75 Å². The Morgan fingerprint density at radius 1 is 1.60 bits per heavy atom. The summed E-state index contributed by atoms with van der Waals surface area (Å²) in [6.45, 7) is 0.525. The van der Waals surface area contributed by atoms with E-state index in [0.717, 1.165) is 15.8 Å². The lowest BCUT2D eigenvalue weighted by atomic mass is 10.2. The van der Waals surface area contributed by atoms with Crippen LogP contribution in [0.5, 0.6) is 5.75 Å². The van der Waals surface area contributed by atoms with Crippen LogP contribution >= 0.6 is 15.9 Å². The number of ether oxygens (including phenoxy) is 1. The molecule has 0 saturated heterocycles. The lowest BCUT2D eigenvalue weighted by molar-refractivity contribution is 0.294. The van der Waals surface area contributed by atoms with E-state index in [1.54, 1.807) is 13.3 Å². The zero-order valence-corrected chi connectivity index (χ0v) is 9.99. The second-order valence-electron chi connectivity index (χ2n) is 2.78. The van der Waals surface area contributed by atoms with Crippen molar-refractivity contribution >= 4 is 22.1 Å². The second-order valence-corrected chi connectivity index (χ2v) is 3.64. The molecule has 0 bridgehead atoms. The molecule has 0 fully saturated rings. The van der Waals surface area contributed by atoms with E-state index >= 15 is 0 Å². The van der Waals surface area contributed by atoms with Gasteiger partial charge in [-0.3, -0.25) is 0 Å². The van der Waals surface area contributed by atoms with Gasteiger partial charge < -0.3 is 15.3 Å². The third kappa shape index (κ3) is 3.89. The molecule has 0 aliphatic rings. The summed E-state index contributed by atoms with van der Waals surface area (Å²) in [5.41, 5.74) is 3.66. The van der Waals surface area contributed by atoms with Crippen molar-refractivity contribution in [3.63, 3.8) is 0 Å². The molecule has 0 aliphatic carbocycles. The lowest BCUT2D eigenvalue weighted by Crippen LogP contribution is -2.11. The number of hydrogen-bond donors (Lipinski definition) is 2. The molecule has 5 heteroatoms. The molecule has 4 nitrogen and oxygen atoms in total. The first kappa shape index (κ1) is 12.0. The second kappa shape index (κ2) is 6.42. The van der Waals surface area contributed by atoms with E-state index < -0.39 is 0 Å². The largest absolute Gasteiger partial charge is 0.496 e. The Bertz CT molecular complexity index is 342. The number of halogens is 1. The first-order valence-corrected chi connectivity index (χ1v) is 5.27. The third-order valence-electron chi connectivity index (χ3n) is 1.70. The van der Waals surface area contributed by atoms with Crippen LogP contribution < -0.4 is 10.2 Å². The minimum atomic E-state index is 0.0731. The summed E-state index contributed by atoms with van der Waals surface area (Å²) >= 11 is 3.38. The van der Waals surface area contributed by atoms with Crippen LogP contribution in [0.1, 0.15) is 5.56 Å². The summed E-state index contributed by atoms with van der Waals surface area (Å²) < 4.78 is 5.99. The van der Waals surface area contributed by atoms with Gasteiger partial charge in [0.2, 0.25) is 0 Å². The molecule has 0 aliphatic heterocycles. The zero-order chi connectivity index (χ0) is 11.1. The highest BCUT2D eigenvalue weighted by Gasteiger charge is 1.98. The van der Waals surface area contributed by atoms with Crippen molar-refractivity contribution in [2.45, 2.75) is 0 Å². The molecule has 0 aromatic heterocycles. The van der Waals surface area contributed by atoms with E-state index in [9.17, 15) is 0 Å².